The molecule has 0 spiro atoms. The van der Waals surface area contributed by atoms with E-state index in [-0.39, 0.29) is 0 Å². The number of carbonyl (C=O) groups is 1. The highest BCUT2D eigenvalue weighted by atomic mass is 16.1. The average molecular weight is 148 g/mol. The number of nitrogens with zero attached hydrogens (tertiary/aromatic N) is 2. The van der Waals surface area contributed by atoms with E-state index < -0.39 is 0 Å². The monoisotopic (exact) mass is 148 g/mol. The van der Waals surface area contributed by atoms with E-state index in [2.05, 4.69) is 0 Å². The first-order valence-corrected chi connectivity index (χ1v) is 3.45. The number of hydrogen-bond donors (Lipinski definition) is 0. The molecular formula is C8H8N2O. The molecule has 0 bridgehead atoms. The van der Waals surface area contributed by atoms with Gasteiger partial charge in [0.15, 0.2) is 0 Å². The third-order valence-electron chi connectivity index (χ3n) is 1.77. The molecule has 0 unspecified atom stereocenters. The standard InChI is InChI=1S/C8H8N2O/c11-7-9-4-5-10-3-1-2-8(10)6-9/h1-5,7H,6H2. The number of hydrogen-bond acceptors (Lipinski definition) is 1. The molecule has 1 aromatic heterocycles. The van der Waals surface area contributed by atoms with E-state index >= 15 is 0 Å². The van der Waals surface area contributed by atoms with Gasteiger partial charge in [0.25, 0.3) is 0 Å². The van der Waals surface area contributed by atoms with Crippen molar-refractivity contribution < 1.29 is 4.79 Å². The predicted octanol–water partition coefficient (Wildman–Crippen LogP) is 0.888. The van der Waals surface area contributed by atoms with Gasteiger partial charge in [-0.15, -0.1) is 0 Å². The predicted molar refractivity (Wildman–Crippen MR) is 41.4 cm³/mol. The summed E-state index contributed by atoms with van der Waals surface area (Å²) in [5.74, 6) is 0. The van der Waals surface area contributed by atoms with E-state index in [0.717, 1.165) is 12.1 Å². The molecule has 0 saturated carbocycles. The van der Waals surface area contributed by atoms with Crippen LogP contribution in [0, 0.1) is 0 Å². The molecule has 0 aromatic carbocycles. The van der Waals surface area contributed by atoms with Gasteiger partial charge in [0.2, 0.25) is 6.41 Å². The van der Waals surface area contributed by atoms with Gasteiger partial charge in [0, 0.05) is 24.3 Å². The van der Waals surface area contributed by atoms with Crippen LogP contribution in [0.2, 0.25) is 0 Å². The van der Waals surface area contributed by atoms with Gasteiger partial charge in [0.05, 0.1) is 6.54 Å². The molecule has 0 aliphatic carbocycles. The molecule has 0 atom stereocenters. The van der Waals surface area contributed by atoms with Gasteiger partial charge in [-0.2, -0.15) is 0 Å². The van der Waals surface area contributed by atoms with Gasteiger partial charge in [0.1, 0.15) is 0 Å². The lowest BCUT2D eigenvalue weighted by molar-refractivity contribution is -0.116. The van der Waals surface area contributed by atoms with Crippen LogP contribution in [0.25, 0.3) is 6.20 Å². The summed E-state index contributed by atoms with van der Waals surface area (Å²) in [6, 6.07) is 3.97. The third-order valence-corrected chi connectivity index (χ3v) is 1.77. The van der Waals surface area contributed by atoms with Crippen LogP contribution in [0.3, 0.4) is 0 Å². The minimum atomic E-state index is 0.674. The molecule has 0 radical (unpaired) electrons. The van der Waals surface area contributed by atoms with Gasteiger partial charge in [-0.3, -0.25) is 4.79 Å². The number of carbonyl (C=O) groups excluding carboxylic acids is 1. The fourth-order valence-corrected chi connectivity index (χ4v) is 1.18. The molecule has 3 heteroatoms. The zero-order valence-electron chi connectivity index (χ0n) is 5.97. The lowest BCUT2D eigenvalue weighted by atomic mass is 10.4. The Morgan fingerprint density at radius 3 is 3.18 bits per heavy atom. The Labute approximate surface area is 64.5 Å². The molecule has 3 nitrogen and oxygen atoms in total. The fourth-order valence-electron chi connectivity index (χ4n) is 1.18. The van der Waals surface area contributed by atoms with Crippen LogP contribution in [-0.2, 0) is 11.3 Å². The highest BCUT2D eigenvalue weighted by Gasteiger charge is 2.07. The van der Waals surface area contributed by atoms with Crippen LogP contribution in [0.5, 0.6) is 0 Å². The molecule has 1 amide bonds. The van der Waals surface area contributed by atoms with Crippen LogP contribution in [0.4, 0.5) is 0 Å². The maximum absolute atomic E-state index is 10.4. The average Bonchev–Trinajstić information content (AvgIpc) is 2.50. The second kappa shape index (κ2) is 2.27. The second-order valence-electron chi connectivity index (χ2n) is 2.48. The molecule has 56 valence electrons. The van der Waals surface area contributed by atoms with E-state index in [0.29, 0.717) is 6.54 Å². The summed E-state index contributed by atoms with van der Waals surface area (Å²) in [7, 11) is 0. The van der Waals surface area contributed by atoms with E-state index in [1.54, 1.807) is 11.1 Å². The van der Waals surface area contributed by atoms with Crippen LogP contribution in [0.1, 0.15) is 5.69 Å². The highest BCUT2D eigenvalue weighted by molar-refractivity contribution is 5.52. The molecular weight excluding hydrogens is 140 g/mol. The molecule has 0 N–H and O–H groups in total. The van der Waals surface area contributed by atoms with Crippen molar-refractivity contribution in [3.05, 3.63) is 30.2 Å². The maximum atomic E-state index is 10.4. The number of aromatic nitrogens is 1. The lowest BCUT2D eigenvalue weighted by Gasteiger charge is -2.17. The van der Waals surface area contributed by atoms with Crippen molar-refractivity contribution >= 4 is 12.6 Å². The lowest BCUT2D eigenvalue weighted by Crippen LogP contribution is -2.19. The maximum Gasteiger partial charge on any atom is 0.214 e. The Balaban J connectivity index is 2.35. The smallest absolute Gasteiger partial charge is 0.214 e. The summed E-state index contributed by atoms with van der Waals surface area (Å²) < 4.78 is 2.00. The van der Waals surface area contributed by atoms with Gasteiger partial charge in [-0.25, -0.2) is 0 Å². The Bertz CT molecular complexity index is 301. The SMILES string of the molecule is O=CN1C=Cn2cccc2C1. The molecule has 1 aliphatic rings. The summed E-state index contributed by atoms with van der Waals surface area (Å²) in [6.45, 7) is 0.674. The van der Waals surface area contributed by atoms with Crippen molar-refractivity contribution in [2.75, 3.05) is 0 Å². The first-order valence-electron chi connectivity index (χ1n) is 3.45. The van der Waals surface area contributed by atoms with Crippen molar-refractivity contribution in [1.82, 2.24) is 9.47 Å². The molecule has 1 aliphatic heterocycles. The minimum absolute atomic E-state index is 0.674. The largest absolute Gasteiger partial charge is 0.324 e. The van der Waals surface area contributed by atoms with Gasteiger partial charge in [-0.05, 0) is 12.1 Å². The first-order chi connectivity index (χ1) is 5.40. The summed E-state index contributed by atoms with van der Waals surface area (Å²) in [5.41, 5.74) is 1.14. The third kappa shape index (κ3) is 0.941. The van der Waals surface area contributed by atoms with Crippen LogP contribution >= 0.6 is 0 Å². The quantitative estimate of drug-likeness (QED) is 0.543. The van der Waals surface area contributed by atoms with Gasteiger partial charge < -0.3 is 9.47 Å². The van der Waals surface area contributed by atoms with E-state index in [9.17, 15) is 4.79 Å². The molecule has 0 saturated heterocycles. The Morgan fingerprint density at radius 1 is 1.45 bits per heavy atom. The summed E-state index contributed by atoms with van der Waals surface area (Å²) in [4.78, 5) is 12.0. The van der Waals surface area contributed by atoms with Crippen molar-refractivity contribution in [1.29, 1.82) is 0 Å². The van der Waals surface area contributed by atoms with Crippen molar-refractivity contribution in [2.45, 2.75) is 6.54 Å². The number of rotatable bonds is 1. The zero-order chi connectivity index (χ0) is 7.68. The van der Waals surface area contributed by atoms with E-state index in [4.69, 9.17) is 0 Å². The van der Waals surface area contributed by atoms with Gasteiger partial charge >= 0.3 is 0 Å². The van der Waals surface area contributed by atoms with E-state index in [1.165, 1.54) is 0 Å². The fraction of sp³-hybridized carbons (Fsp3) is 0.125. The number of fused-ring (bicyclic) bond motifs is 1. The topological polar surface area (TPSA) is 25.2 Å². The van der Waals surface area contributed by atoms with Crippen molar-refractivity contribution in [3.8, 4) is 0 Å². The minimum Gasteiger partial charge on any atom is -0.324 e. The second-order valence-corrected chi connectivity index (χ2v) is 2.48. The molecule has 0 fully saturated rings. The molecule has 2 heterocycles. The Morgan fingerprint density at radius 2 is 2.36 bits per heavy atom. The zero-order valence-corrected chi connectivity index (χ0v) is 5.97. The molecule has 2 rings (SSSR count). The van der Waals surface area contributed by atoms with Crippen molar-refractivity contribution in [3.63, 3.8) is 0 Å². The summed E-state index contributed by atoms with van der Waals surface area (Å²) >= 11 is 0. The normalized spacial score (nSPS) is 14.7. The Hall–Kier alpha value is -1.51. The van der Waals surface area contributed by atoms with Crippen LogP contribution < -0.4 is 0 Å². The highest BCUT2D eigenvalue weighted by Crippen LogP contribution is 2.11. The Kier molecular flexibility index (Phi) is 1.28. The first kappa shape index (κ1) is 6.22. The molecule has 1 aromatic rings. The van der Waals surface area contributed by atoms with Crippen LogP contribution in [-0.4, -0.2) is 15.9 Å². The van der Waals surface area contributed by atoms with Crippen LogP contribution in [0.15, 0.2) is 24.5 Å². The van der Waals surface area contributed by atoms with Crippen molar-refractivity contribution in [2.24, 2.45) is 0 Å². The summed E-state index contributed by atoms with van der Waals surface area (Å²) in [5, 5.41) is 0. The van der Waals surface area contributed by atoms with Gasteiger partial charge in [-0.1, -0.05) is 0 Å². The van der Waals surface area contributed by atoms with E-state index in [1.807, 2.05) is 29.1 Å². The molecule has 11 heavy (non-hydrogen) atoms. The summed E-state index contributed by atoms with van der Waals surface area (Å²) in [6.07, 6.45) is 6.42. The number of amides is 1.